The Hall–Kier alpha value is -3.41. The lowest BCUT2D eigenvalue weighted by Crippen LogP contribution is -2.44. The lowest BCUT2D eigenvalue weighted by Gasteiger charge is -2.32. The van der Waals surface area contributed by atoms with Crippen LogP contribution in [-0.4, -0.2) is 64.5 Å². The zero-order valence-electron chi connectivity index (χ0n) is 19.2. The molecule has 2 aliphatic rings. The highest BCUT2D eigenvalue weighted by molar-refractivity contribution is 5.94. The molecule has 1 saturated heterocycles. The molecule has 3 aromatic rings. The Bertz CT molecular complexity index is 1230. The van der Waals surface area contributed by atoms with E-state index in [1.54, 1.807) is 18.2 Å². The van der Waals surface area contributed by atoms with Crippen molar-refractivity contribution in [3.8, 4) is 11.6 Å². The van der Waals surface area contributed by atoms with Crippen LogP contribution in [0.1, 0.15) is 24.1 Å². The predicted molar refractivity (Wildman–Crippen MR) is 124 cm³/mol. The van der Waals surface area contributed by atoms with Crippen LogP contribution in [0.3, 0.4) is 0 Å². The quantitative estimate of drug-likeness (QED) is 0.460. The zero-order chi connectivity index (χ0) is 24.4. The molecule has 5 rings (SSSR count). The molecule has 35 heavy (non-hydrogen) atoms. The number of aromatic nitrogens is 3. The number of aliphatic hydroxyl groups is 1. The molecule has 184 valence electrons. The number of hydrogen-bond acceptors (Lipinski definition) is 9. The number of amides is 1. The maximum absolute atomic E-state index is 14.6. The van der Waals surface area contributed by atoms with Gasteiger partial charge in [-0.05, 0) is 31.0 Å². The van der Waals surface area contributed by atoms with Gasteiger partial charge in [0.25, 0.3) is 5.91 Å². The topological polar surface area (TPSA) is 128 Å². The lowest BCUT2D eigenvalue weighted by molar-refractivity contribution is -0.118. The number of hydrogen-bond donors (Lipinski definition) is 3. The van der Waals surface area contributed by atoms with Crippen molar-refractivity contribution < 1.29 is 28.5 Å². The van der Waals surface area contributed by atoms with Crippen molar-refractivity contribution in [2.45, 2.75) is 44.1 Å². The van der Waals surface area contributed by atoms with Crippen molar-refractivity contribution in [3.05, 3.63) is 47.5 Å². The van der Waals surface area contributed by atoms with E-state index in [9.17, 15) is 14.3 Å². The average Bonchev–Trinajstić information content (AvgIpc) is 2.88. The Morgan fingerprint density at radius 1 is 1.29 bits per heavy atom. The van der Waals surface area contributed by atoms with Crippen molar-refractivity contribution in [1.82, 2.24) is 20.3 Å². The molecule has 0 bridgehead atoms. The first-order valence-electron chi connectivity index (χ1n) is 11.4. The van der Waals surface area contributed by atoms with Crippen LogP contribution in [0.4, 0.5) is 10.2 Å². The van der Waals surface area contributed by atoms with Gasteiger partial charge in [-0.1, -0.05) is 0 Å². The number of carbonyl (C=O) groups is 1. The summed E-state index contributed by atoms with van der Waals surface area (Å²) in [7, 11) is 1.49. The number of carbonyl (C=O) groups excluding carboxylic acids is 1. The van der Waals surface area contributed by atoms with Crippen molar-refractivity contribution >= 4 is 22.8 Å². The van der Waals surface area contributed by atoms with E-state index in [0.29, 0.717) is 53.6 Å². The van der Waals surface area contributed by atoms with Crippen LogP contribution in [0.15, 0.2) is 30.5 Å². The number of ether oxygens (including phenoxy) is 3. The summed E-state index contributed by atoms with van der Waals surface area (Å²) in [5, 5.41) is 16.9. The van der Waals surface area contributed by atoms with Gasteiger partial charge in [0, 0.05) is 30.6 Å². The Balaban J connectivity index is 1.16. The highest BCUT2D eigenvalue weighted by Crippen LogP contribution is 2.27. The first-order valence-corrected chi connectivity index (χ1v) is 11.4. The normalized spacial score (nSPS) is 20.6. The number of nitrogens with one attached hydrogen (secondary N) is 2. The average molecular weight is 484 g/mol. The van der Waals surface area contributed by atoms with Crippen LogP contribution < -0.4 is 20.1 Å². The first kappa shape index (κ1) is 23.3. The van der Waals surface area contributed by atoms with E-state index in [0.717, 1.165) is 18.3 Å². The van der Waals surface area contributed by atoms with Crippen LogP contribution in [0.5, 0.6) is 11.6 Å². The Morgan fingerprint density at radius 2 is 2.17 bits per heavy atom. The number of fused-ring (bicyclic) bond motifs is 2. The van der Waals surface area contributed by atoms with Crippen molar-refractivity contribution in [1.29, 1.82) is 0 Å². The SMILES string of the molecule is COc1ccc2ncc(F)c(C[C@H](O)C3CCC(NCc4ccc5c(n4)NC(=O)CO5)CO3)c2n1. The predicted octanol–water partition coefficient (Wildman–Crippen LogP) is 1.74. The molecule has 3 atom stereocenters. The monoisotopic (exact) mass is 483 g/mol. The highest BCUT2D eigenvalue weighted by Gasteiger charge is 2.29. The minimum atomic E-state index is -0.894. The van der Waals surface area contributed by atoms with Gasteiger partial charge in [-0.3, -0.25) is 9.78 Å². The summed E-state index contributed by atoms with van der Waals surface area (Å²) in [6.07, 6.45) is 1.28. The van der Waals surface area contributed by atoms with Crippen molar-refractivity contribution in [2.75, 3.05) is 25.6 Å². The molecule has 0 radical (unpaired) electrons. The molecular weight excluding hydrogens is 457 g/mol. The van der Waals surface area contributed by atoms with E-state index in [1.165, 1.54) is 7.11 Å². The molecule has 10 nitrogen and oxygen atoms in total. The second-order valence-corrected chi connectivity index (χ2v) is 8.59. The smallest absolute Gasteiger partial charge is 0.263 e. The molecule has 5 heterocycles. The minimum absolute atomic E-state index is 0.00651. The van der Waals surface area contributed by atoms with Crippen LogP contribution in [-0.2, 0) is 22.5 Å². The van der Waals surface area contributed by atoms with Gasteiger partial charge in [0.05, 0.1) is 48.8 Å². The van der Waals surface area contributed by atoms with Gasteiger partial charge >= 0.3 is 0 Å². The Kier molecular flexibility index (Phi) is 6.71. The molecule has 11 heteroatoms. The number of rotatable bonds is 7. The zero-order valence-corrected chi connectivity index (χ0v) is 19.2. The molecule has 0 saturated carbocycles. The fourth-order valence-corrected chi connectivity index (χ4v) is 4.31. The first-order chi connectivity index (χ1) is 17.0. The summed E-state index contributed by atoms with van der Waals surface area (Å²) in [6, 6.07) is 7.08. The molecule has 1 fully saturated rings. The third-order valence-corrected chi connectivity index (χ3v) is 6.21. The number of halogens is 1. The molecule has 3 N–H and O–H groups in total. The molecule has 2 unspecified atom stereocenters. The summed E-state index contributed by atoms with van der Waals surface area (Å²) in [5.74, 6) is 0.582. The van der Waals surface area contributed by atoms with E-state index in [-0.39, 0.29) is 25.0 Å². The van der Waals surface area contributed by atoms with Gasteiger partial charge in [-0.2, -0.15) is 0 Å². The molecule has 2 aliphatic heterocycles. The summed E-state index contributed by atoms with van der Waals surface area (Å²) >= 11 is 0. The summed E-state index contributed by atoms with van der Waals surface area (Å²) in [5.41, 5.74) is 1.96. The molecule has 1 amide bonds. The number of pyridine rings is 3. The Morgan fingerprint density at radius 3 is 2.97 bits per heavy atom. The maximum Gasteiger partial charge on any atom is 0.263 e. The van der Waals surface area contributed by atoms with Gasteiger partial charge in [0.15, 0.2) is 18.2 Å². The number of nitrogens with zero attached hydrogens (tertiary/aromatic N) is 3. The second kappa shape index (κ2) is 10.1. The largest absolute Gasteiger partial charge is 0.481 e. The number of anilines is 1. The molecule has 0 spiro atoms. The summed E-state index contributed by atoms with van der Waals surface area (Å²) in [4.78, 5) is 24.3. The van der Waals surface area contributed by atoms with Crippen molar-refractivity contribution in [2.24, 2.45) is 0 Å². The standard InChI is InChI=1S/C24H26FN5O5/c1-33-22-7-4-17-23(30-22)15(16(25)10-27-17)8-18(31)19-5-3-14(11-34-19)26-9-13-2-6-20-24(28-13)29-21(32)12-35-20/h2,4,6-7,10,14,18-19,26,31H,3,5,8-9,11-12H2,1H3,(H,28,29,32)/t14?,18-,19?/m0/s1. The number of methoxy groups -OCH3 is 1. The second-order valence-electron chi connectivity index (χ2n) is 8.59. The molecule has 3 aromatic heterocycles. The molecular formula is C24H26FN5O5. The summed E-state index contributed by atoms with van der Waals surface area (Å²) in [6.45, 7) is 0.887. The van der Waals surface area contributed by atoms with Gasteiger partial charge in [-0.25, -0.2) is 14.4 Å². The van der Waals surface area contributed by atoms with Gasteiger partial charge in [0.2, 0.25) is 5.88 Å². The van der Waals surface area contributed by atoms with E-state index in [4.69, 9.17) is 14.2 Å². The van der Waals surface area contributed by atoms with Crippen LogP contribution >= 0.6 is 0 Å². The van der Waals surface area contributed by atoms with Gasteiger partial charge < -0.3 is 30.0 Å². The molecule has 0 aliphatic carbocycles. The molecule has 0 aromatic carbocycles. The Labute approximate surface area is 200 Å². The number of aliphatic hydroxyl groups excluding tert-OH is 1. The van der Waals surface area contributed by atoms with Crippen LogP contribution in [0.25, 0.3) is 11.0 Å². The maximum atomic E-state index is 14.6. The third kappa shape index (κ3) is 5.16. The minimum Gasteiger partial charge on any atom is -0.481 e. The van der Waals surface area contributed by atoms with Gasteiger partial charge in [0.1, 0.15) is 5.82 Å². The lowest BCUT2D eigenvalue weighted by atomic mass is 9.96. The van der Waals surface area contributed by atoms with Crippen LogP contribution in [0.2, 0.25) is 0 Å². The highest BCUT2D eigenvalue weighted by atomic mass is 19.1. The fraction of sp³-hybridized carbons (Fsp3) is 0.417. The van der Waals surface area contributed by atoms with E-state index < -0.39 is 18.0 Å². The van der Waals surface area contributed by atoms with E-state index in [2.05, 4.69) is 25.6 Å². The van der Waals surface area contributed by atoms with Gasteiger partial charge in [-0.15, -0.1) is 0 Å². The van der Waals surface area contributed by atoms with Crippen molar-refractivity contribution in [3.63, 3.8) is 0 Å². The fourth-order valence-electron chi connectivity index (χ4n) is 4.31. The van der Waals surface area contributed by atoms with E-state index >= 15 is 0 Å². The summed E-state index contributed by atoms with van der Waals surface area (Å²) < 4.78 is 31.0. The van der Waals surface area contributed by atoms with Crippen LogP contribution in [0, 0.1) is 5.82 Å². The van der Waals surface area contributed by atoms with E-state index in [1.807, 2.05) is 6.07 Å². The third-order valence-electron chi connectivity index (χ3n) is 6.21.